The number of halogens is 2. The molecule has 0 N–H and O–H groups in total. The number of carbonyl (C=O) groups is 1. The second-order valence-electron chi connectivity index (χ2n) is 4.09. The van der Waals surface area contributed by atoms with Gasteiger partial charge in [-0.25, -0.2) is 4.99 Å². The van der Waals surface area contributed by atoms with Crippen molar-refractivity contribution in [3.63, 3.8) is 0 Å². The Labute approximate surface area is 131 Å². The number of carbonyl (C=O) groups excluding carboxylic acids is 1. The summed E-state index contributed by atoms with van der Waals surface area (Å²) in [6.07, 6.45) is 3.43. The number of aliphatic imine (C=N–C) groups is 2. The summed E-state index contributed by atoms with van der Waals surface area (Å²) in [4.78, 5) is 20.5. The van der Waals surface area contributed by atoms with Crippen LogP contribution in [0.15, 0.2) is 28.2 Å². The average Bonchev–Trinajstić information content (AvgIpc) is 2.44. The van der Waals surface area contributed by atoms with Crippen LogP contribution >= 0.6 is 35.0 Å². The normalized spacial score (nSPS) is 21.5. The highest BCUT2D eigenvalue weighted by atomic mass is 35.5. The van der Waals surface area contributed by atoms with E-state index in [1.165, 1.54) is 18.9 Å². The zero-order valence-corrected chi connectivity index (χ0v) is 13.2. The molecular formula is C13H12Cl2N2O2S. The van der Waals surface area contributed by atoms with Crippen molar-refractivity contribution in [2.24, 2.45) is 15.9 Å². The maximum atomic E-state index is 11.9. The maximum absolute atomic E-state index is 11.9. The first-order chi connectivity index (χ1) is 9.55. The van der Waals surface area contributed by atoms with Crippen LogP contribution in [0.5, 0.6) is 0 Å². The molecule has 1 aromatic rings. The SMILES string of the molecule is COC(=O)C1C=NC(SC)=NC1c1cc(Cl)cc(Cl)c1. The molecule has 106 valence electrons. The molecule has 20 heavy (non-hydrogen) atoms. The molecule has 2 rings (SSSR count). The van der Waals surface area contributed by atoms with Gasteiger partial charge in [0.15, 0.2) is 5.17 Å². The van der Waals surface area contributed by atoms with Crippen LogP contribution in [0.1, 0.15) is 11.6 Å². The van der Waals surface area contributed by atoms with E-state index in [4.69, 9.17) is 27.9 Å². The second-order valence-corrected chi connectivity index (χ2v) is 5.74. The molecule has 0 saturated carbocycles. The molecule has 1 aliphatic heterocycles. The topological polar surface area (TPSA) is 51.0 Å². The molecule has 1 aromatic carbocycles. The zero-order valence-electron chi connectivity index (χ0n) is 10.8. The Balaban J connectivity index is 2.44. The van der Waals surface area contributed by atoms with Crippen LogP contribution in [0, 0.1) is 5.92 Å². The Morgan fingerprint density at radius 3 is 2.50 bits per heavy atom. The van der Waals surface area contributed by atoms with E-state index >= 15 is 0 Å². The third-order valence-corrected chi connectivity index (χ3v) is 3.83. The van der Waals surface area contributed by atoms with E-state index < -0.39 is 17.9 Å². The molecule has 0 aromatic heterocycles. The van der Waals surface area contributed by atoms with Crippen molar-refractivity contribution in [2.75, 3.05) is 13.4 Å². The molecule has 0 spiro atoms. The molecule has 0 radical (unpaired) electrons. The van der Waals surface area contributed by atoms with Crippen molar-refractivity contribution in [3.05, 3.63) is 33.8 Å². The number of hydrogen-bond donors (Lipinski definition) is 0. The first-order valence-electron chi connectivity index (χ1n) is 5.75. The third kappa shape index (κ3) is 3.34. The van der Waals surface area contributed by atoms with Crippen LogP contribution in [0.2, 0.25) is 10.0 Å². The molecule has 2 atom stereocenters. The van der Waals surface area contributed by atoms with Gasteiger partial charge in [-0.3, -0.25) is 9.79 Å². The number of nitrogens with zero attached hydrogens (tertiary/aromatic N) is 2. The summed E-state index contributed by atoms with van der Waals surface area (Å²) < 4.78 is 4.80. The van der Waals surface area contributed by atoms with Gasteiger partial charge in [0.1, 0.15) is 5.92 Å². The van der Waals surface area contributed by atoms with Crippen molar-refractivity contribution < 1.29 is 9.53 Å². The monoisotopic (exact) mass is 330 g/mol. The molecule has 7 heteroatoms. The molecule has 0 fully saturated rings. The smallest absolute Gasteiger partial charge is 0.316 e. The molecule has 0 aliphatic carbocycles. The lowest BCUT2D eigenvalue weighted by Crippen LogP contribution is -2.27. The van der Waals surface area contributed by atoms with Gasteiger partial charge >= 0.3 is 5.97 Å². The number of hydrogen-bond acceptors (Lipinski definition) is 5. The first kappa shape index (κ1) is 15.4. The van der Waals surface area contributed by atoms with Gasteiger partial charge in [0.05, 0.1) is 13.2 Å². The Morgan fingerprint density at radius 1 is 1.30 bits per heavy atom. The maximum Gasteiger partial charge on any atom is 0.316 e. The van der Waals surface area contributed by atoms with Gasteiger partial charge in [0.2, 0.25) is 0 Å². The van der Waals surface area contributed by atoms with Crippen LogP contribution in [-0.2, 0) is 9.53 Å². The Kier molecular flexibility index (Phi) is 5.07. The number of esters is 1. The highest BCUT2D eigenvalue weighted by Crippen LogP contribution is 2.33. The van der Waals surface area contributed by atoms with Crippen molar-refractivity contribution in [3.8, 4) is 0 Å². The van der Waals surface area contributed by atoms with E-state index in [1.54, 1.807) is 24.4 Å². The molecule has 1 heterocycles. The molecule has 4 nitrogen and oxygen atoms in total. The quantitative estimate of drug-likeness (QED) is 0.778. The summed E-state index contributed by atoms with van der Waals surface area (Å²) in [5.41, 5.74) is 0.760. The Hall–Kier alpha value is -1.04. The van der Waals surface area contributed by atoms with E-state index in [1.807, 2.05) is 6.26 Å². The Morgan fingerprint density at radius 2 is 1.95 bits per heavy atom. The standard InChI is InChI=1S/C13H12Cl2N2O2S/c1-19-12(18)10-6-16-13(20-2)17-11(10)7-3-8(14)5-9(15)4-7/h3-6,10-11H,1-2H3. The minimum atomic E-state index is -0.578. The highest BCUT2D eigenvalue weighted by molar-refractivity contribution is 8.13. The fraction of sp³-hybridized carbons (Fsp3) is 0.308. The lowest BCUT2D eigenvalue weighted by molar-refractivity contribution is -0.143. The van der Waals surface area contributed by atoms with E-state index in [0.717, 1.165) is 5.56 Å². The predicted octanol–water partition coefficient (Wildman–Crippen LogP) is 3.63. The van der Waals surface area contributed by atoms with Gasteiger partial charge in [-0.15, -0.1) is 0 Å². The highest BCUT2D eigenvalue weighted by Gasteiger charge is 2.32. The van der Waals surface area contributed by atoms with Crippen LogP contribution in [0.25, 0.3) is 0 Å². The summed E-state index contributed by atoms with van der Waals surface area (Å²) in [6, 6.07) is 4.69. The van der Waals surface area contributed by atoms with Gasteiger partial charge in [-0.1, -0.05) is 35.0 Å². The van der Waals surface area contributed by atoms with Crippen LogP contribution in [0.4, 0.5) is 0 Å². The summed E-state index contributed by atoms with van der Waals surface area (Å²) >= 11 is 13.4. The molecular weight excluding hydrogens is 319 g/mol. The summed E-state index contributed by atoms with van der Waals surface area (Å²) in [5, 5.41) is 1.60. The van der Waals surface area contributed by atoms with Gasteiger partial charge in [-0.05, 0) is 30.0 Å². The number of benzene rings is 1. The minimum absolute atomic E-state index is 0.390. The van der Waals surface area contributed by atoms with Crippen molar-refractivity contribution in [1.82, 2.24) is 0 Å². The van der Waals surface area contributed by atoms with Crippen LogP contribution < -0.4 is 0 Å². The fourth-order valence-corrected chi connectivity index (χ4v) is 2.85. The Bertz CT molecular complexity index is 569. The lowest BCUT2D eigenvalue weighted by Gasteiger charge is -2.23. The van der Waals surface area contributed by atoms with Gasteiger partial charge in [-0.2, -0.15) is 0 Å². The van der Waals surface area contributed by atoms with Crippen LogP contribution in [-0.4, -0.2) is 30.7 Å². The van der Waals surface area contributed by atoms with E-state index in [9.17, 15) is 4.79 Å². The summed E-state index contributed by atoms with van der Waals surface area (Å²) in [5.74, 6) is -0.968. The largest absolute Gasteiger partial charge is 0.468 e. The molecule has 0 bridgehead atoms. The molecule has 2 unspecified atom stereocenters. The van der Waals surface area contributed by atoms with Crippen molar-refractivity contribution >= 4 is 52.3 Å². The number of ether oxygens (including phenoxy) is 1. The van der Waals surface area contributed by atoms with E-state index in [2.05, 4.69) is 9.98 Å². The average molecular weight is 331 g/mol. The fourth-order valence-electron chi connectivity index (χ4n) is 1.92. The molecule has 1 aliphatic rings. The summed E-state index contributed by atoms with van der Waals surface area (Å²) in [6.45, 7) is 0. The van der Waals surface area contributed by atoms with Crippen molar-refractivity contribution in [1.29, 1.82) is 0 Å². The first-order valence-corrected chi connectivity index (χ1v) is 7.73. The molecule has 0 amide bonds. The van der Waals surface area contributed by atoms with Gasteiger partial charge in [0, 0.05) is 16.3 Å². The van der Waals surface area contributed by atoms with Gasteiger partial charge in [0.25, 0.3) is 0 Å². The molecule has 0 saturated heterocycles. The van der Waals surface area contributed by atoms with Gasteiger partial charge < -0.3 is 4.74 Å². The lowest BCUT2D eigenvalue weighted by atomic mass is 9.94. The van der Waals surface area contributed by atoms with Crippen molar-refractivity contribution in [2.45, 2.75) is 6.04 Å². The van der Waals surface area contributed by atoms with Crippen LogP contribution in [0.3, 0.4) is 0 Å². The summed E-state index contributed by atoms with van der Waals surface area (Å²) in [7, 11) is 1.34. The third-order valence-electron chi connectivity index (χ3n) is 2.82. The number of amidine groups is 1. The van der Waals surface area contributed by atoms with E-state index in [-0.39, 0.29) is 0 Å². The predicted molar refractivity (Wildman–Crippen MR) is 84.2 cm³/mol. The van der Waals surface area contributed by atoms with E-state index in [0.29, 0.717) is 15.2 Å². The second kappa shape index (κ2) is 6.61. The zero-order chi connectivity index (χ0) is 14.7. The number of rotatable bonds is 2. The number of thioether (sulfide) groups is 1. The minimum Gasteiger partial charge on any atom is -0.468 e. The number of methoxy groups -OCH3 is 1.